The summed E-state index contributed by atoms with van der Waals surface area (Å²) in [7, 11) is 1.35. The Morgan fingerprint density at radius 1 is 1.04 bits per heavy atom. The van der Waals surface area contributed by atoms with Crippen molar-refractivity contribution < 1.29 is 23.0 Å². The molecule has 2 fully saturated rings. The van der Waals surface area contributed by atoms with Crippen molar-refractivity contribution in [1.29, 1.82) is 0 Å². The number of hydrogen-bond acceptors (Lipinski definition) is 3. The number of methoxy groups -OCH3 is 1. The molecule has 1 aliphatic heterocycles. The van der Waals surface area contributed by atoms with E-state index in [1.165, 1.54) is 32.4 Å². The first kappa shape index (κ1) is 20.5. The fraction of sp³-hybridized carbons (Fsp3) is 0.727. The van der Waals surface area contributed by atoms with Crippen LogP contribution >= 0.6 is 0 Å². The van der Waals surface area contributed by atoms with Crippen LogP contribution in [0.1, 0.15) is 69.8 Å². The Balaban J connectivity index is 1.43. The Kier molecular flexibility index (Phi) is 7.48. The zero-order chi connectivity index (χ0) is 19.2. The van der Waals surface area contributed by atoms with E-state index in [0.717, 1.165) is 38.7 Å². The van der Waals surface area contributed by atoms with Gasteiger partial charge in [-0.05, 0) is 68.4 Å². The summed E-state index contributed by atoms with van der Waals surface area (Å²) in [6.07, 6.45) is 8.58. The van der Waals surface area contributed by atoms with Gasteiger partial charge in [0.1, 0.15) is 0 Å². The summed E-state index contributed by atoms with van der Waals surface area (Å²) in [4.78, 5) is 0. The maximum absolute atomic E-state index is 14.3. The summed E-state index contributed by atoms with van der Waals surface area (Å²) in [5.74, 6) is -0.936. The topological polar surface area (TPSA) is 27.7 Å². The number of halogens is 2. The lowest BCUT2D eigenvalue weighted by Gasteiger charge is -2.32. The molecule has 3 nitrogen and oxygen atoms in total. The van der Waals surface area contributed by atoms with E-state index in [0.29, 0.717) is 18.1 Å². The van der Waals surface area contributed by atoms with Crippen molar-refractivity contribution in [2.45, 2.75) is 76.4 Å². The third kappa shape index (κ3) is 5.20. The first-order valence-corrected chi connectivity index (χ1v) is 10.4. The number of ether oxygens (including phenoxy) is 3. The van der Waals surface area contributed by atoms with Crippen molar-refractivity contribution in [2.24, 2.45) is 5.92 Å². The fourth-order valence-electron chi connectivity index (χ4n) is 4.43. The second-order valence-corrected chi connectivity index (χ2v) is 7.98. The highest BCUT2D eigenvalue weighted by Crippen LogP contribution is 2.37. The van der Waals surface area contributed by atoms with Gasteiger partial charge in [0, 0.05) is 6.61 Å². The molecule has 1 saturated carbocycles. The maximum Gasteiger partial charge on any atom is 0.200 e. The molecule has 1 saturated heterocycles. The van der Waals surface area contributed by atoms with Crippen LogP contribution in [-0.4, -0.2) is 32.5 Å². The van der Waals surface area contributed by atoms with E-state index in [1.54, 1.807) is 6.07 Å². The lowest BCUT2D eigenvalue weighted by atomic mass is 9.82. The summed E-state index contributed by atoms with van der Waals surface area (Å²) in [6.45, 7) is 3.73. The summed E-state index contributed by atoms with van der Waals surface area (Å²) >= 11 is 0. The second kappa shape index (κ2) is 9.83. The number of rotatable bonds is 7. The zero-order valence-corrected chi connectivity index (χ0v) is 16.5. The van der Waals surface area contributed by atoms with Gasteiger partial charge < -0.3 is 14.2 Å². The Bertz CT molecular complexity index is 591. The Labute approximate surface area is 161 Å². The van der Waals surface area contributed by atoms with Crippen LogP contribution in [0, 0.1) is 17.6 Å². The van der Waals surface area contributed by atoms with Crippen molar-refractivity contribution in [3.63, 3.8) is 0 Å². The monoisotopic (exact) mass is 382 g/mol. The van der Waals surface area contributed by atoms with Crippen LogP contribution in [0.5, 0.6) is 5.75 Å². The molecule has 3 rings (SSSR count). The van der Waals surface area contributed by atoms with E-state index in [9.17, 15) is 8.78 Å². The highest BCUT2D eigenvalue weighted by atomic mass is 19.2. The molecule has 1 aliphatic carbocycles. The smallest absolute Gasteiger partial charge is 0.200 e. The average Bonchev–Trinajstić information content (AvgIpc) is 2.70. The zero-order valence-electron chi connectivity index (χ0n) is 16.5. The van der Waals surface area contributed by atoms with Gasteiger partial charge in [-0.25, -0.2) is 4.39 Å². The number of benzene rings is 1. The molecule has 1 aromatic carbocycles. The van der Waals surface area contributed by atoms with Crippen LogP contribution in [0.3, 0.4) is 0 Å². The van der Waals surface area contributed by atoms with Gasteiger partial charge in [0.2, 0.25) is 5.82 Å². The lowest BCUT2D eigenvalue weighted by Crippen LogP contribution is -2.32. The summed E-state index contributed by atoms with van der Waals surface area (Å²) in [5.41, 5.74) is 0.462. The molecular formula is C22H32F2O3. The minimum absolute atomic E-state index is 0.0399. The maximum atomic E-state index is 14.3. The van der Waals surface area contributed by atoms with E-state index in [-0.39, 0.29) is 23.9 Å². The van der Waals surface area contributed by atoms with Gasteiger partial charge in [-0.15, -0.1) is 0 Å². The SMILES string of the molecule is CCCC1CCC(COC2CCC(c3ccc(OC)c(F)c3F)CC2)OC1. The van der Waals surface area contributed by atoms with Crippen LogP contribution in [0.4, 0.5) is 8.78 Å². The minimum atomic E-state index is -0.885. The molecule has 0 aromatic heterocycles. The quantitative estimate of drug-likeness (QED) is 0.613. The standard InChI is InChI=1S/C22H32F2O3/c1-3-4-15-5-8-18(26-13-15)14-27-17-9-6-16(7-10-17)19-11-12-20(25-2)22(24)21(19)23/h11-12,15-18H,3-10,13-14H2,1-2H3. The Morgan fingerprint density at radius 3 is 2.44 bits per heavy atom. The van der Waals surface area contributed by atoms with Crippen molar-refractivity contribution in [3.05, 3.63) is 29.3 Å². The molecule has 0 bridgehead atoms. The van der Waals surface area contributed by atoms with Crippen LogP contribution in [0.15, 0.2) is 12.1 Å². The van der Waals surface area contributed by atoms with Crippen molar-refractivity contribution >= 4 is 0 Å². The second-order valence-electron chi connectivity index (χ2n) is 7.98. The van der Waals surface area contributed by atoms with Crippen molar-refractivity contribution in [2.75, 3.05) is 20.3 Å². The van der Waals surface area contributed by atoms with Gasteiger partial charge in [0.05, 0.1) is 25.9 Å². The Morgan fingerprint density at radius 2 is 1.81 bits per heavy atom. The third-order valence-corrected chi connectivity index (χ3v) is 6.09. The first-order valence-electron chi connectivity index (χ1n) is 10.4. The molecular weight excluding hydrogens is 350 g/mol. The molecule has 2 atom stereocenters. The third-order valence-electron chi connectivity index (χ3n) is 6.09. The average molecular weight is 382 g/mol. The van der Waals surface area contributed by atoms with Gasteiger partial charge in [-0.2, -0.15) is 4.39 Å². The van der Waals surface area contributed by atoms with E-state index in [1.807, 2.05) is 0 Å². The summed E-state index contributed by atoms with van der Waals surface area (Å²) < 4.78 is 45.1. The molecule has 0 spiro atoms. The number of hydrogen-bond donors (Lipinski definition) is 0. The molecule has 0 radical (unpaired) electrons. The lowest BCUT2D eigenvalue weighted by molar-refractivity contribution is -0.0857. The van der Waals surface area contributed by atoms with E-state index in [4.69, 9.17) is 14.2 Å². The Hall–Kier alpha value is -1.20. The molecule has 1 aromatic rings. The molecule has 152 valence electrons. The van der Waals surface area contributed by atoms with Gasteiger partial charge in [-0.3, -0.25) is 0 Å². The van der Waals surface area contributed by atoms with Crippen LogP contribution in [0.2, 0.25) is 0 Å². The van der Waals surface area contributed by atoms with Crippen LogP contribution < -0.4 is 4.74 Å². The highest BCUT2D eigenvalue weighted by molar-refractivity contribution is 5.33. The van der Waals surface area contributed by atoms with E-state index < -0.39 is 11.6 Å². The molecule has 0 amide bonds. The van der Waals surface area contributed by atoms with Gasteiger partial charge in [-0.1, -0.05) is 19.4 Å². The molecule has 27 heavy (non-hydrogen) atoms. The summed E-state index contributed by atoms with van der Waals surface area (Å²) in [6, 6.07) is 3.17. The molecule has 0 N–H and O–H groups in total. The first-order chi connectivity index (χ1) is 13.1. The largest absolute Gasteiger partial charge is 0.494 e. The minimum Gasteiger partial charge on any atom is -0.494 e. The molecule has 2 aliphatic rings. The van der Waals surface area contributed by atoms with Crippen LogP contribution in [-0.2, 0) is 9.47 Å². The highest BCUT2D eigenvalue weighted by Gasteiger charge is 2.28. The van der Waals surface area contributed by atoms with Crippen molar-refractivity contribution in [1.82, 2.24) is 0 Å². The van der Waals surface area contributed by atoms with E-state index in [2.05, 4.69) is 6.92 Å². The molecule has 1 heterocycles. The van der Waals surface area contributed by atoms with Crippen LogP contribution in [0.25, 0.3) is 0 Å². The fourth-order valence-corrected chi connectivity index (χ4v) is 4.43. The molecule has 2 unspecified atom stereocenters. The van der Waals surface area contributed by atoms with Gasteiger partial charge in [0.15, 0.2) is 11.6 Å². The van der Waals surface area contributed by atoms with Gasteiger partial charge in [0.25, 0.3) is 0 Å². The molecule has 5 heteroatoms. The van der Waals surface area contributed by atoms with Gasteiger partial charge >= 0.3 is 0 Å². The predicted octanol–water partition coefficient (Wildman–Crippen LogP) is 5.61. The predicted molar refractivity (Wildman–Crippen MR) is 101 cm³/mol. The summed E-state index contributed by atoms with van der Waals surface area (Å²) in [5, 5.41) is 0. The normalized spacial score (nSPS) is 28.9. The van der Waals surface area contributed by atoms with E-state index >= 15 is 0 Å². The van der Waals surface area contributed by atoms with Crippen molar-refractivity contribution in [3.8, 4) is 5.75 Å².